The van der Waals surface area contributed by atoms with E-state index in [1.165, 1.54) is 17.7 Å². The Morgan fingerprint density at radius 2 is 1.75 bits per heavy atom. The first-order chi connectivity index (χ1) is 15.4. The van der Waals surface area contributed by atoms with E-state index in [-0.39, 0.29) is 30.2 Å². The zero-order valence-electron chi connectivity index (χ0n) is 18.9. The van der Waals surface area contributed by atoms with Crippen LogP contribution in [0.4, 0.5) is 4.39 Å². The zero-order valence-corrected chi connectivity index (χ0v) is 18.9. The molecule has 4 rings (SSSR count). The first kappa shape index (κ1) is 22.5. The Hall–Kier alpha value is -2.73. The van der Waals surface area contributed by atoms with Gasteiger partial charge in [-0.25, -0.2) is 4.39 Å². The highest BCUT2D eigenvalue weighted by atomic mass is 19.1. The van der Waals surface area contributed by atoms with Gasteiger partial charge in [0.05, 0.1) is 12.6 Å². The zero-order chi connectivity index (χ0) is 22.7. The highest BCUT2D eigenvalue weighted by molar-refractivity contribution is 5.86. The van der Waals surface area contributed by atoms with Crippen LogP contribution in [0, 0.1) is 11.7 Å². The van der Waals surface area contributed by atoms with Crippen molar-refractivity contribution in [1.82, 2.24) is 15.1 Å². The number of halogens is 1. The fraction of sp³-hybridized carbons (Fsp3) is 0.462. The molecule has 0 aliphatic carbocycles. The number of amides is 2. The average Bonchev–Trinajstić information content (AvgIpc) is 2.79. The molecule has 2 aliphatic heterocycles. The normalized spacial score (nSPS) is 20.5. The van der Waals surface area contributed by atoms with Crippen molar-refractivity contribution in [1.29, 1.82) is 0 Å². The van der Waals surface area contributed by atoms with Gasteiger partial charge in [-0.3, -0.25) is 14.5 Å². The summed E-state index contributed by atoms with van der Waals surface area (Å²) in [4.78, 5) is 30.5. The maximum atomic E-state index is 13.6. The number of carbonyl (C=O) groups is 2. The molecule has 32 heavy (non-hydrogen) atoms. The number of nitrogens with one attached hydrogen (secondary N) is 1. The molecule has 6 heteroatoms. The molecule has 0 unspecified atom stereocenters. The molecule has 0 radical (unpaired) electrons. The lowest BCUT2D eigenvalue weighted by molar-refractivity contribution is -0.140. The monoisotopic (exact) mass is 437 g/mol. The molecule has 0 spiro atoms. The molecule has 1 fully saturated rings. The Balaban J connectivity index is 1.49. The fourth-order valence-corrected chi connectivity index (χ4v) is 4.79. The third-order valence-electron chi connectivity index (χ3n) is 6.81. The molecule has 0 aromatic heterocycles. The molecule has 2 heterocycles. The summed E-state index contributed by atoms with van der Waals surface area (Å²) in [6.45, 7) is 6.49. The lowest BCUT2D eigenvalue weighted by Gasteiger charge is -2.40. The van der Waals surface area contributed by atoms with Crippen LogP contribution in [0.3, 0.4) is 0 Å². The maximum Gasteiger partial charge on any atom is 0.244 e. The summed E-state index contributed by atoms with van der Waals surface area (Å²) in [6.07, 6.45) is 2.86. The minimum absolute atomic E-state index is 0.100. The molecule has 5 nitrogen and oxygen atoms in total. The van der Waals surface area contributed by atoms with E-state index in [4.69, 9.17) is 0 Å². The Labute approximate surface area is 189 Å². The molecule has 2 atom stereocenters. The van der Waals surface area contributed by atoms with E-state index < -0.39 is 6.04 Å². The van der Waals surface area contributed by atoms with Crippen molar-refractivity contribution in [3.8, 4) is 0 Å². The van der Waals surface area contributed by atoms with E-state index in [9.17, 15) is 14.0 Å². The largest absolute Gasteiger partial charge is 0.348 e. The fourth-order valence-electron chi connectivity index (χ4n) is 4.79. The van der Waals surface area contributed by atoms with Gasteiger partial charge in [-0.1, -0.05) is 43.3 Å². The summed E-state index contributed by atoms with van der Waals surface area (Å²) in [5.74, 6) is 0.315. The van der Waals surface area contributed by atoms with E-state index in [2.05, 4.69) is 18.3 Å². The van der Waals surface area contributed by atoms with Gasteiger partial charge in [-0.05, 0) is 60.9 Å². The van der Waals surface area contributed by atoms with Crippen LogP contribution in [0.15, 0.2) is 48.5 Å². The quantitative estimate of drug-likeness (QED) is 0.773. The summed E-state index contributed by atoms with van der Waals surface area (Å²) in [5.41, 5.74) is 3.05. The van der Waals surface area contributed by atoms with Crippen molar-refractivity contribution in [3.05, 3.63) is 71.0 Å². The molecular weight excluding hydrogens is 405 g/mol. The van der Waals surface area contributed by atoms with Crippen LogP contribution in [-0.2, 0) is 16.0 Å². The van der Waals surface area contributed by atoms with Gasteiger partial charge >= 0.3 is 0 Å². The number of likely N-dealkylation sites (tertiary alicyclic amines) is 1. The summed E-state index contributed by atoms with van der Waals surface area (Å²) in [5, 5.41) is 3.00. The van der Waals surface area contributed by atoms with Crippen molar-refractivity contribution in [2.24, 2.45) is 5.92 Å². The third kappa shape index (κ3) is 5.01. The summed E-state index contributed by atoms with van der Waals surface area (Å²) in [7, 11) is 0. The number of nitrogens with zero attached hydrogens (tertiary/aromatic N) is 2. The molecule has 1 N–H and O–H groups in total. The van der Waals surface area contributed by atoms with Crippen molar-refractivity contribution >= 4 is 11.8 Å². The molecule has 2 aromatic rings. The van der Waals surface area contributed by atoms with Crippen LogP contribution in [0.2, 0.25) is 0 Å². The van der Waals surface area contributed by atoms with Gasteiger partial charge in [0, 0.05) is 19.6 Å². The summed E-state index contributed by atoms with van der Waals surface area (Å²) >= 11 is 0. The minimum Gasteiger partial charge on any atom is -0.348 e. The van der Waals surface area contributed by atoms with E-state index in [1.807, 2.05) is 34.9 Å². The number of carbonyl (C=O) groups excluding carboxylic acids is 2. The topological polar surface area (TPSA) is 52.7 Å². The Bertz CT molecular complexity index is 954. The lowest BCUT2D eigenvalue weighted by Crippen LogP contribution is -2.50. The van der Waals surface area contributed by atoms with Crippen LogP contribution >= 0.6 is 0 Å². The van der Waals surface area contributed by atoms with E-state index >= 15 is 0 Å². The maximum absolute atomic E-state index is 13.6. The van der Waals surface area contributed by atoms with Gasteiger partial charge in [-0.2, -0.15) is 0 Å². The second kappa shape index (κ2) is 9.82. The van der Waals surface area contributed by atoms with Gasteiger partial charge in [0.2, 0.25) is 11.8 Å². The smallest absolute Gasteiger partial charge is 0.244 e. The number of hydrogen-bond donors (Lipinski definition) is 1. The SMILES string of the molecule is CC1CCN(C(=O)[C@@H]2c3ccccc3CCN2CC(=O)N[C@H](C)c2ccc(F)cc2)CC1. The first-order valence-corrected chi connectivity index (χ1v) is 11.6. The predicted molar refractivity (Wildman–Crippen MR) is 122 cm³/mol. The van der Waals surface area contributed by atoms with Gasteiger partial charge < -0.3 is 10.2 Å². The molecule has 0 bridgehead atoms. The third-order valence-corrected chi connectivity index (χ3v) is 6.81. The highest BCUT2D eigenvalue weighted by Gasteiger charge is 2.37. The molecular formula is C26H32FN3O2. The number of hydrogen-bond acceptors (Lipinski definition) is 3. The second-order valence-corrected chi connectivity index (χ2v) is 9.17. The minimum atomic E-state index is -0.430. The average molecular weight is 438 g/mol. The van der Waals surface area contributed by atoms with Crippen molar-refractivity contribution in [3.63, 3.8) is 0 Å². The van der Waals surface area contributed by atoms with Gasteiger partial charge in [0.1, 0.15) is 11.9 Å². The highest BCUT2D eigenvalue weighted by Crippen LogP contribution is 2.32. The van der Waals surface area contributed by atoms with Crippen molar-refractivity contribution in [2.75, 3.05) is 26.2 Å². The van der Waals surface area contributed by atoms with E-state index in [0.29, 0.717) is 12.5 Å². The number of fused-ring (bicyclic) bond motifs is 1. The summed E-state index contributed by atoms with van der Waals surface area (Å²) < 4.78 is 13.2. The number of benzene rings is 2. The number of piperidine rings is 1. The van der Waals surface area contributed by atoms with Crippen LogP contribution in [-0.4, -0.2) is 47.8 Å². The Morgan fingerprint density at radius 1 is 1.06 bits per heavy atom. The first-order valence-electron chi connectivity index (χ1n) is 11.6. The van der Waals surface area contributed by atoms with Crippen LogP contribution in [0.5, 0.6) is 0 Å². The van der Waals surface area contributed by atoms with Crippen molar-refractivity contribution < 1.29 is 14.0 Å². The Morgan fingerprint density at radius 3 is 2.47 bits per heavy atom. The van der Waals surface area contributed by atoms with Crippen molar-refractivity contribution in [2.45, 2.75) is 45.2 Å². The molecule has 2 aliphatic rings. The van der Waals surface area contributed by atoms with E-state index in [0.717, 1.165) is 43.5 Å². The van der Waals surface area contributed by atoms with Crippen LogP contribution < -0.4 is 5.32 Å². The van der Waals surface area contributed by atoms with Crippen LogP contribution in [0.1, 0.15) is 55.5 Å². The van der Waals surface area contributed by atoms with Gasteiger partial charge in [-0.15, -0.1) is 0 Å². The molecule has 0 saturated carbocycles. The van der Waals surface area contributed by atoms with E-state index in [1.54, 1.807) is 12.1 Å². The molecule has 1 saturated heterocycles. The Kier molecular flexibility index (Phi) is 6.89. The standard InChI is InChI=1S/C26H32FN3O2/c1-18-11-14-29(15-12-18)26(32)25-23-6-4-3-5-21(23)13-16-30(25)17-24(31)28-19(2)20-7-9-22(27)10-8-20/h3-10,18-19,25H,11-17H2,1-2H3,(H,28,31)/t19-,25+/m1/s1. The molecule has 2 amide bonds. The second-order valence-electron chi connectivity index (χ2n) is 9.17. The van der Waals surface area contributed by atoms with Gasteiger partial charge in [0.25, 0.3) is 0 Å². The molecule has 170 valence electrons. The number of rotatable bonds is 5. The van der Waals surface area contributed by atoms with Gasteiger partial charge in [0.15, 0.2) is 0 Å². The van der Waals surface area contributed by atoms with Crippen LogP contribution in [0.25, 0.3) is 0 Å². The summed E-state index contributed by atoms with van der Waals surface area (Å²) in [6, 6.07) is 13.6. The lowest BCUT2D eigenvalue weighted by atomic mass is 9.90. The predicted octanol–water partition coefficient (Wildman–Crippen LogP) is 3.86. The molecule has 2 aromatic carbocycles.